The second kappa shape index (κ2) is 7.90. The highest BCUT2D eigenvalue weighted by molar-refractivity contribution is 6.31. The zero-order chi connectivity index (χ0) is 22.2. The van der Waals surface area contributed by atoms with Crippen molar-refractivity contribution in [1.82, 2.24) is 25.2 Å². The van der Waals surface area contributed by atoms with Gasteiger partial charge in [-0.05, 0) is 47.2 Å². The summed E-state index contributed by atoms with van der Waals surface area (Å²) in [6, 6.07) is 19.0. The van der Waals surface area contributed by atoms with Gasteiger partial charge in [-0.3, -0.25) is 4.79 Å². The second-order valence-corrected chi connectivity index (χ2v) is 7.66. The van der Waals surface area contributed by atoms with Crippen molar-refractivity contribution in [3.05, 3.63) is 83.3 Å². The minimum atomic E-state index is -0.316. The number of nitrogens with one attached hydrogen (secondary N) is 2. The quantitative estimate of drug-likeness (QED) is 0.403. The first-order valence-electron chi connectivity index (χ1n) is 9.70. The standard InChI is InChI=1S/C23H16ClFN6O/c1-31-20-10-13(16-4-2-3-5-18(16)25)6-7-14(20)11-21(31)23(32)26-19-9-8-15(24)12-17(19)22-27-29-30-28-22/h2-12H,1H3,(H,26,32)(H,27,28,29,30). The highest BCUT2D eigenvalue weighted by atomic mass is 35.5. The maximum Gasteiger partial charge on any atom is 0.272 e. The molecule has 0 saturated heterocycles. The zero-order valence-electron chi connectivity index (χ0n) is 16.8. The highest BCUT2D eigenvalue weighted by Crippen LogP contribution is 2.30. The number of amides is 1. The summed E-state index contributed by atoms with van der Waals surface area (Å²) in [7, 11) is 1.80. The van der Waals surface area contributed by atoms with Crippen molar-refractivity contribution in [3.63, 3.8) is 0 Å². The highest BCUT2D eigenvalue weighted by Gasteiger charge is 2.18. The number of fused-ring (bicyclic) bond motifs is 1. The number of anilines is 1. The number of tetrazole rings is 1. The lowest BCUT2D eigenvalue weighted by molar-refractivity contribution is 0.102. The molecule has 7 nitrogen and oxygen atoms in total. The van der Waals surface area contributed by atoms with E-state index in [0.29, 0.717) is 33.4 Å². The molecule has 5 rings (SSSR count). The maximum atomic E-state index is 14.2. The lowest BCUT2D eigenvalue weighted by atomic mass is 10.0. The lowest BCUT2D eigenvalue weighted by Crippen LogP contribution is -2.16. The third-order valence-electron chi connectivity index (χ3n) is 5.28. The number of aromatic nitrogens is 5. The maximum absolute atomic E-state index is 14.2. The average Bonchev–Trinajstić information content (AvgIpc) is 3.44. The Hall–Kier alpha value is -4.04. The van der Waals surface area contributed by atoms with Crippen molar-refractivity contribution in [2.45, 2.75) is 0 Å². The van der Waals surface area contributed by atoms with Gasteiger partial charge < -0.3 is 9.88 Å². The van der Waals surface area contributed by atoms with E-state index in [1.165, 1.54) is 6.07 Å². The molecular weight excluding hydrogens is 431 g/mol. The van der Waals surface area contributed by atoms with E-state index < -0.39 is 0 Å². The number of benzene rings is 3. The van der Waals surface area contributed by atoms with Crippen LogP contribution in [-0.4, -0.2) is 31.1 Å². The predicted molar refractivity (Wildman–Crippen MR) is 121 cm³/mol. The number of carbonyl (C=O) groups is 1. The number of hydrogen-bond donors (Lipinski definition) is 2. The average molecular weight is 447 g/mol. The van der Waals surface area contributed by atoms with Crippen LogP contribution in [-0.2, 0) is 7.05 Å². The van der Waals surface area contributed by atoms with Crippen LogP contribution in [0.2, 0.25) is 5.02 Å². The van der Waals surface area contributed by atoms with Crippen LogP contribution in [0.4, 0.5) is 10.1 Å². The van der Waals surface area contributed by atoms with Crippen molar-refractivity contribution in [2.75, 3.05) is 5.32 Å². The third kappa shape index (κ3) is 3.50. The number of aryl methyl sites for hydroxylation is 1. The summed E-state index contributed by atoms with van der Waals surface area (Å²) in [5, 5.41) is 18.2. The minimum absolute atomic E-state index is 0.296. The molecule has 2 aromatic heterocycles. The Morgan fingerprint density at radius 1 is 1.06 bits per heavy atom. The second-order valence-electron chi connectivity index (χ2n) is 7.22. The molecule has 32 heavy (non-hydrogen) atoms. The third-order valence-corrected chi connectivity index (χ3v) is 5.51. The van der Waals surface area contributed by atoms with E-state index in [4.69, 9.17) is 11.6 Å². The Morgan fingerprint density at radius 2 is 1.91 bits per heavy atom. The van der Waals surface area contributed by atoms with E-state index in [0.717, 1.165) is 16.5 Å². The molecule has 1 amide bonds. The van der Waals surface area contributed by atoms with Gasteiger partial charge >= 0.3 is 0 Å². The van der Waals surface area contributed by atoms with Gasteiger partial charge in [0.2, 0.25) is 5.82 Å². The molecule has 3 aromatic carbocycles. The van der Waals surface area contributed by atoms with Crippen molar-refractivity contribution in [3.8, 4) is 22.5 Å². The molecule has 5 aromatic rings. The Labute approximate surface area is 186 Å². The first-order valence-corrected chi connectivity index (χ1v) is 10.1. The van der Waals surface area contributed by atoms with E-state index in [1.54, 1.807) is 54.1 Å². The van der Waals surface area contributed by atoms with E-state index in [-0.39, 0.29) is 11.7 Å². The Balaban J connectivity index is 1.51. The molecule has 2 heterocycles. The molecule has 0 spiro atoms. The van der Waals surface area contributed by atoms with Crippen LogP contribution in [0.15, 0.2) is 66.7 Å². The zero-order valence-corrected chi connectivity index (χ0v) is 17.6. The van der Waals surface area contributed by atoms with E-state index in [9.17, 15) is 9.18 Å². The SMILES string of the molecule is Cn1c(C(=O)Nc2ccc(Cl)cc2-c2nn[nH]n2)cc2ccc(-c3ccccc3F)cc21. The minimum Gasteiger partial charge on any atom is -0.340 e. The van der Waals surface area contributed by atoms with Gasteiger partial charge in [-0.1, -0.05) is 41.9 Å². The number of rotatable bonds is 4. The molecule has 0 bridgehead atoms. The van der Waals surface area contributed by atoms with Gasteiger partial charge in [0.25, 0.3) is 5.91 Å². The fourth-order valence-electron chi connectivity index (χ4n) is 3.68. The summed E-state index contributed by atoms with van der Waals surface area (Å²) in [6.07, 6.45) is 0. The van der Waals surface area contributed by atoms with Crippen LogP contribution < -0.4 is 5.32 Å². The van der Waals surface area contributed by atoms with Crippen LogP contribution in [0.1, 0.15) is 10.5 Å². The van der Waals surface area contributed by atoms with Crippen molar-refractivity contribution < 1.29 is 9.18 Å². The van der Waals surface area contributed by atoms with Crippen LogP contribution in [0.25, 0.3) is 33.4 Å². The molecule has 0 aliphatic rings. The van der Waals surface area contributed by atoms with Crippen molar-refractivity contribution in [1.29, 1.82) is 0 Å². The van der Waals surface area contributed by atoms with Crippen LogP contribution in [0.3, 0.4) is 0 Å². The Bertz CT molecular complexity index is 1460. The number of hydrogen-bond acceptors (Lipinski definition) is 4. The van der Waals surface area contributed by atoms with Gasteiger partial charge in [-0.15, -0.1) is 10.2 Å². The molecule has 158 valence electrons. The molecular formula is C23H16ClFN6O. The summed E-state index contributed by atoms with van der Waals surface area (Å²) in [6.45, 7) is 0. The van der Waals surface area contributed by atoms with Crippen molar-refractivity contribution in [2.24, 2.45) is 7.05 Å². The topological polar surface area (TPSA) is 88.5 Å². The molecule has 0 aliphatic carbocycles. The van der Waals surface area contributed by atoms with Gasteiger partial charge in [0.05, 0.1) is 5.69 Å². The summed E-state index contributed by atoms with van der Waals surface area (Å²) in [5.74, 6) is -0.298. The van der Waals surface area contributed by atoms with Crippen LogP contribution in [0.5, 0.6) is 0 Å². The number of carbonyl (C=O) groups excluding carboxylic acids is 1. The van der Waals surface area contributed by atoms with Gasteiger partial charge in [0, 0.05) is 34.1 Å². The molecule has 0 radical (unpaired) electrons. The van der Waals surface area contributed by atoms with Crippen LogP contribution >= 0.6 is 11.6 Å². The van der Waals surface area contributed by atoms with Gasteiger partial charge in [-0.2, -0.15) is 5.21 Å². The summed E-state index contributed by atoms with van der Waals surface area (Å²) in [5.41, 5.74) is 3.54. The molecule has 0 aliphatic heterocycles. The largest absolute Gasteiger partial charge is 0.340 e. The summed E-state index contributed by atoms with van der Waals surface area (Å²) >= 11 is 6.11. The normalized spacial score (nSPS) is 11.1. The number of H-pyrrole nitrogens is 1. The molecule has 0 fully saturated rings. The smallest absolute Gasteiger partial charge is 0.272 e. The molecule has 0 saturated carbocycles. The number of halogens is 2. The lowest BCUT2D eigenvalue weighted by Gasteiger charge is -2.10. The molecule has 0 atom stereocenters. The Kier molecular flexibility index (Phi) is 4.91. The first kappa shape index (κ1) is 19.9. The fourth-order valence-corrected chi connectivity index (χ4v) is 3.86. The predicted octanol–water partition coefficient (Wildman–Crippen LogP) is 5.07. The summed E-state index contributed by atoms with van der Waals surface area (Å²) in [4.78, 5) is 13.1. The number of nitrogens with zero attached hydrogens (tertiary/aromatic N) is 4. The van der Waals surface area contributed by atoms with Gasteiger partial charge in [0.15, 0.2) is 0 Å². The first-order chi connectivity index (χ1) is 15.5. The van der Waals surface area contributed by atoms with E-state index in [1.807, 2.05) is 18.2 Å². The van der Waals surface area contributed by atoms with E-state index in [2.05, 4.69) is 25.9 Å². The molecule has 2 N–H and O–H groups in total. The van der Waals surface area contributed by atoms with Gasteiger partial charge in [0.1, 0.15) is 11.5 Å². The fraction of sp³-hybridized carbons (Fsp3) is 0.0435. The molecule has 9 heteroatoms. The van der Waals surface area contributed by atoms with Crippen molar-refractivity contribution >= 4 is 34.1 Å². The molecule has 0 unspecified atom stereocenters. The Morgan fingerprint density at radius 3 is 2.69 bits per heavy atom. The van der Waals surface area contributed by atoms with Gasteiger partial charge in [-0.25, -0.2) is 4.39 Å². The van der Waals surface area contributed by atoms with Crippen LogP contribution in [0, 0.1) is 5.82 Å². The van der Waals surface area contributed by atoms with E-state index >= 15 is 0 Å². The monoisotopic (exact) mass is 446 g/mol. The number of aromatic amines is 1. The summed E-state index contributed by atoms with van der Waals surface area (Å²) < 4.78 is 16.0.